The lowest BCUT2D eigenvalue weighted by atomic mass is 10.1. The van der Waals surface area contributed by atoms with Gasteiger partial charge in [0, 0.05) is 18.2 Å². The fourth-order valence-corrected chi connectivity index (χ4v) is 11.9. The number of hydrogen-bond donors (Lipinski definition) is 1. The maximum atomic E-state index is 13.4. The molecule has 0 spiro atoms. The number of nitrogens with one attached hydrogen (secondary N) is 1. The van der Waals surface area contributed by atoms with Crippen molar-refractivity contribution < 1.29 is 33.0 Å². The molecule has 49 heavy (non-hydrogen) atoms. The number of benzene rings is 2. The second-order valence-electron chi connectivity index (χ2n) is 14.4. The maximum absolute atomic E-state index is 13.4. The van der Waals surface area contributed by atoms with Crippen molar-refractivity contribution >= 4 is 24.7 Å². The first-order chi connectivity index (χ1) is 23.2. The van der Waals surface area contributed by atoms with Crippen molar-refractivity contribution in [3.63, 3.8) is 0 Å². The van der Waals surface area contributed by atoms with Crippen molar-refractivity contribution in [2.24, 2.45) is 0 Å². The van der Waals surface area contributed by atoms with Crippen LogP contribution in [-0.2, 0) is 39.6 Å². The number of fused-ring (bicyclic) bond motifs is 1. The Balaban J connectivity index is 1.31. The van der Waals surface area contributed by atoms with Crippen LogP contribution in [0, 0.1) is 6.92 Å². The van der Waals surface area contributed by atoms with E-state index in [-0.39, 0.29) is 31.2 Å². The second-order valence-corrected chi connectivity index (χ2v) is 18.7. The van der Waals surface area contributed by atoms with Gasteiger partial charge in [-0.2, -0.15) is 0 Å². The predicted molar refractivity (Wildman–Crippen MR) is 184 cm³/mol. The summed E-state index contributed by atoms with van der Waals surface area (Å²) in [5.41, 5.74) is -0.615. The largest absolute Gasteiger partial charge is 0.465 e. The number of carbonyl (C=O) groups is 1. The Morgan fingerprint density at radius 1 is 1.00 bits per heavy atom. The minimum absolute atomic E-state index is 0.104. The molecule has 6 rings (SSSR count). The van der Waals surface area contributed by atoms with Gasteiger partial charge >= 0.3 is 11.7 Å². The number of hydroxylamine groups is 2. The molecule has 0 aliphatic carbocycles. The zero-order valence-corrected chi connectivity index (χ0v) is 30.2. The Bertz CT molecular complexity index is 1700. The number of nitrogens with zero attached hydrogens (tertiary/aromatic N) is 2. The van der Waals surface area contributed by atoms with E-state index in [4.69, 9.17) is 28.2 Å². The van der Waals surface area contributed by atoms with Gasteiger partial charge in [0.1, 0.15) is 24.4 Å². The number of H-pyrrole nitrogens is 1. The average Bonchev–Trinajstić information content (AvgIpc) is 3.71. The summed E-state index contributed by atoms with van der Waals surface area (Å²) in [6.45, 7) is 14.2. The van der Waals surface area contributed by atoms with Crippen LogP contribution < -0.4 is 21.6 Å². The summed E-state index contributed by atoms with van der Waals surface area (Å²) in [6, 6.07) is 19.9. The number of esters is 1. The fourth-order valence-electron chi connectivity index (χ4n) is 7.37. The first kappa shape index (κ1) is 35.4. The zero-order chi connectivity index (χ0) is 35.1. The van der Waals surface area contributed by atoms with Crippen molar-refractivity contribution in [3.8, 4) is 0 Å². The van der Waals surface area contributed by atoms with Gasteiger partial charge in [-0.05, 0) is 43.1 Å². The highest BCUT2D eigenvalue weighted by atomic mass is 28.4. The van der Waals surface area contributed by atoms with E-state index in [0.29, 0.717) is 5.56 Å². The number of carbonyl (C=O) groups excluding carboxylic acids is 1. The van der Waals surface area contributed by atoms with E-state index in [1.807, 2.05) is 50.2 Å². The lowest BCUT2D eigenvalue weighted by Crippen LogP contribution is -2.67. The molecule has 0 amide bonds. The van der Waals surface area contributed by atoms with Gasteiger partial charge in [-0.1, -0.05) is 81.4 Å². The Morgan fingerprint density at radius 2 is 1.61 bits per heavy atom. The third-order valence-corrected chi connectivity index (χ3v) is 14.5. The lowest BCUT2D eigenvalue weighted by molar-refractivity contribution is -0.286. The summed E-state index contributed by atoms with van der Waals surface area (Å²) >= 11 is 0. The molecule has 0 bridgehead atoms. The Hall–Kier alpha value is -3.43. The average molecular weight is 694 g/mol. The van der Waals surface area contributed by atoms with Crippen LogP contribution in [0.2, 0.25) is 5.04 Å². The van der Waals surface area contributed by atoms with Crippen molar-refractivity contribution in [1.82, 2.24) is 14.6 Å². The van der Waals surface area contributed by atoms with Crippen LogP contribution >= 0.6 is 0 Å². The number of aromatic nitrogens is 2. The molecule has 0 saturated carbocycles. The third-order valence-electron chi connectivity index (χ3n) is 9.47. The molecule has 0 radical (unpaired) electrons. The highest BCUT2D eigenvalue weighted by molar-refractivity contribution is 6.99. The molecule has 0 unspecified atom stereocenters. The molecule has 3 aliphatic rings. The predicted octanol–water partition coefficient (Wildman–Crippen LogP) is 2.60. The van der Waals surface area contributed by atoms with Crippen LogP contribution in [0.5, 0.6) is 0 Å². The highest BCUT2D eigenvalue weighted by Crippen LogP contribution is 2.44. The van der Waals surface area contributed by atoms with Crippen molar-refractivity contribution in [2.45, 2.75) is 109 Å². The molecule has 3 saturated heterocycles. The molecule has 3 aliphatic heterocycles. The lowest BCUT2D eigenvalue weighted by Gasteiger charge is -2.43. The molecule has 13 heteroatoms. The highest BCUT2D eigenvalue weighted by Gasteiger charge is 2.61. The Kier molecular flexibility index (Phi) is 9.90. The van der Waals surface area contributed by atoms with Crippen molar-refractivity contribution in [2.75, 3.05) is 13.2 Å². The van der Waals surface area contributed by atoms with Gasteiger partial charge in [0.25, 0.3) is 13.9 Å². The van der Waals surface area contributed by atoms with E-state index in [0.717, 1.165) is 10.4 Å². The molecule has 1 N–H and O–H groups in total. The summed E-state index contributed by atoms with van der Waals surface area (Å²) in [6.07, 6.45) is -1.41. The van der Waals surface area contributed by atoms with Crippen LogP contribution in [0.15, 0.2) is 76.4 Å². The van der Waals surface area contributed by atoms with Crippen LogP contribution in [0.3, 0.4) is 0 Å². The molecule has 6 atom stereocenters. The third kappa shape index (κ3) is 6.85. The Labute approximate surface area is 287 Å². The SMILES string of the molecule is CCOC(=O)[C@H]1C[C@H](Cn2cc(C)c(=O)[nH]c2=O)ON1[C@@H]1O[C@H](CO[Si](c2ccccc2)(c2ccccc2)C(C)(C)C)[C@H]2OC(C)(C)O[C@H]21. The van der Waals surface area contributed by atoms with E-state index < -0.39 is 68.0 Å². The first-order valence-corrected chi connectivity index (χ1v) is 18.8. The van der Waals surface area contributed by atoms with Gasteiger partial charge in [-0.15, -0.1) is 5.06 Å². The standard InChI is InChI=1S/C36H47N3O9Si/c1-8-43-33(41)27-19-24(21-38-20-23(2)31(40)37-34(38)42)48-39(27)32-30-29(46-36(6,7)47-30)28(45-32)22-44-49(35(3,4)5,25-15-11-9-12-16-25)26-17-13-10-14-18-26/h9-18,20,24,27-30,32H,8,19,21-22H2,1-7H3,(H,37,40,42)/t24-,27-,28-,29-,30-,32-/m1/s1. The van der Waals surface area contributed by atoms with Gasteiger partial charge in [-0.25, -0.2) is 4.79 Å². The van der Waals surface area contributed by atoms with Gasteiger partial charge in [0.05, 0.1) is 25.9 Å². The van der Waals surface area contributed by atoms with Crippen LogP contribution in [0.25, 0.3) is 0 Å². The summed E-state index contributed by atoms with van der Waals surface area (Å²) < 4.78 is 33.7. The van der Waals surface area contributed by atoms with Crippen LogP contribution in [0.1, 0.15) is 53.5 Å². The quantitative estimate of drug-likeness (QED) is 0.250. The van der Waals surface area contributed by atoms with Gasteiger partial charge < -0.3 is 23.4 Å². The smallest absolute Gasteiger partial charge is 0.328 e. The topological polar surface area (TPSA) is 131 Å². The fraction of sp³-hybridized carbons (Fsp3) is 0.528. The summed E-state index contributed by atoms with van der Waals surface area (Å²) in [4.78, 5) is 46.7. The van der Waals surface area contributed by atoms with Crippen molar-refractivity contribution in [3.05, 3.63) is 93.3 Å². The molecule has 2 aromatic carbocycles. The molecule has 3 fully saturated rings. The monoisotopic (exact) mass is 693 g/mol. The Morgan fingerprint density at radius 3 is 2.20 bits per heavy atom. The summed E-state index contributed by atoms with van der Waals surface area (Å²) in [5.74, 6) is -1.40. The van der Waals surface area contributed by atoms with Gasteiger partial charge in [0.2, 0.25) is 0 Å². The molecular formula is C36H47N3O9Si. The van der Waals surface area contributed by atoms with E-state index >= 15 is 0 Å². The summed E-state index contributed by atoms with van der Waals surface area (Å²) in [5, 5.41) is 3.55. The normalized spacial score (nSPS) is 26.9. The molecule has 4 heterocycles. The second kappa shape index (κ2) is 13.7. The van der Waals surface area contributed by atoms with E-state index in [1.165, 1.54) is 15.8 Å². The number of aryl methyl sites for hydroxylation is 1. The van der Waals surface area contributed by atoms with Gasteiger partial charge in [0.15, 0.2) is 12.0 Å². The minimum Gasteiger partial charge on any atom is -0.465 e. The minimum atomic E-state index is -2.91. The zero-order valence-electron chi connectivity index (χ0n) is 29.2. The molecule has 264 valence electrons. The molecule has 3 aromatic rings. The number of ether oxygens (including phenoxy) is 4. The molecule has 1 aromatic heterocycles. The van der Waals surface area contributed by atoms with E-state index in [1.54, 1.807) is 13.8 Å². The molecular weight excluding hydrogens is 646 g/mol. The number of aromatic amines is 1. The van der Waals surface area contributed by atoms with Crippen LogP contribution in [0.4, 0.5) is 0 Å². The van der Waals surface area contributed by atoms with E-state index in [9.17, 15) is 14.4 Å². The van der Waals surface area contributed by atoms with E-state index in [2.05, 4.69) is 50.0 Å². The molecule has 12 nitrogen and oxygen atoms in total. The van der Waals surface area contributed by atoms with Gasteiger partial charge in [-0.3, -0.25) is 24.0 Å². The maximum Gasteiger partial charge on any atom is 0.328 e. The first-order valence-electron chi connectivity index (χ1n) is 16.9. The van der Waals surface area contributed by atoms with Crippen LogP contribution in [-0.4, -0.2) is 84.6 Å². The number of hydrogen-bond acceptors (Lipinski definition) is 10. The number of rotatable bonds is 10. The summed E-state index contributed by atoms with van der Waals surface area (Å²) in [7, 11) is -2.91. The van der Waals surface area contributed by atoms with Crippen molar-refractivity contribution in [1.29, 1.82) is 0 Å².